The number of aryl methyl sites for hydroxylation is 1. The van der Waals surface area contributed by atoms with Crippen molar-refractivity contribution in [3.63, 3.8) is 0 Å². The van der Waals surface area contributed by atoms with Gasteiger partial charge in [0.05, 0.1) is 12.8 Å². The van der Waals surface area contributed by atoms with Gasteiger partial charge in [-0.1, -0.05) is 12.1 Å². The highest BCUT2D eigenvalue weighted by Crippen LogP contribution is 2.18. The smallest absolute Gasteiger partial charge is 0.251 e. The van der Waals surface area contributed by atoms with E-state index in [0.29, 0.717) is 11.4 Å². The Kier molecular flexibility index (Phi) is 5.58. The fourth-order valence-corrected chi connectivity index (χ4v) is 2.51. The van der Waals surface area contributed by atoms with Gasteiger partial charge in [-0.2, -0.15) is 5.10 Å². The lowest BCUT2D eigenvalue weighted by molar-refractivity contribution is 0.0937. The predicted octanol–water partition coefficient (Wildman–Crippen LogP) is 2.56. The number of hydrogen-bond donors (Lipinski definition) is 1. The molecule has 3 aromatic rings. The topological polar surface area (TPSA) is 81.9 Å². The molecule has 0 fully saturated rings. The van der Waals surface area contributed by atoms with E-state index in [9.17, 15) is 4.79 Å². The summed E-state index contributed by atoms with van der Waals surface area (Å²) in [7, 11) is 1.55. The Morgan fingerprint density at radius 2 is 2.00 bits per heavy atom. The standard InChI is InChI=1S/C19H21N5O2/c1-14(10-13-24-12-3-11-20-24)21-19(25)16-6-4-15(5-7-16)17-8-9-18(26-2)23-22-17/h3-9,11-12,14H,10,13H2,1-2H3,(H,21,25)/t14-/m0/s1. The molecule has 0 aliphatic rings. The molecule has 3 rings (SSSR count). The lowest BCUT2D eigenvalue weighted by Gasteiger charge is -2.14. The van der Waals surface area contributed by atoms with Crippen LogP contribution in [0.25, 0.3) is 11.3 Å². The quantitative estimate of drug-likeness (QED) is 0.707. The number of methoxy groups -OCH3 is 1. The predicted molar refractivity (Wildman–Crippen MR) is 97.8 cm³/mol. The third kappa shape index (κ3) is 4.44. The highest BCUT2D eigenvalue weighted by Gasteiger charge is 2.10. The summed E-state index contributed by atoms with van der Waals surface area (Å²) in [5.41, 5.74) is 2.23. The number of carbonyl (C=O) groups excluding carboxylic acids is 1. The van der Waals surface area contributed by atoms with Gasteiger partial charge in [-0.05, 0) is 37.6 Å². The van der Waals surface area contributed by atoms with Gasteiger partial charge in [0.15, 0.2) is 0 Å². The number of aromatic nitrogens is 4. The van der Waals surface area contributed by atoms with Crippen LogP contribution in [0.5, 0.6) is 5.88 Å². The Bertz CT molecular complexity index is 829. The van der Waals surface area contributed by atoms with E-state index in [1.165, 1.54) is 0 Å². The molecule has 7 nitrogen and oxygen atoms in total. The number of nitrogens with one attached hydrogen (secondary N) is 1. The summed E-state index contributed by atoms with van der Waals surface area (Å²) in [5, 5.41) is 15.2. The van der Waals surface area contributed by atoms with Crippen molar-refractivity contribution >= 4 is 5.91 Å². The molecule has 1 aromatic carbocycles. The van der Waals surface area contributed by atoms with Crippen LogP contribution in [0.4, 0.5) is 0 Å². The molecule has 2 aromatic heterocycles. The minimum Gasteiger partial charge on any atom is -0.480 e. The summed E-state index contributed by atoms with van der Waals surface area (Å²) in [6, 6.07) is 12.8. The molecule has 0 radical (unpaired) electrons. The molecule has 26 heavy (non-hydrogen) atoms. The molecular formula is C19H21N5O2. The summed E-state index contributed by atoms with van der Waals surface area (Å²) in [6.07, 6.45) is 4.47. The number of nitrogens with zero attached hydrogens (tertiary/aromatic N) is 4. The number of ether oxygens (including phenoxy) is 1. The van der Waals surface area contributed by atoms with Crippen LogP contribution < -0.4 is 10.1 Å². The number of hydrogen-bond acceptors (Lipinski definition) is 5. The molecule has 0 spiro atoms. The van der Waals surface area contributed by atoms with E-state index in [1.54, 1.807) is 31.5 Å². The Morgan fingerprint density at radius 3 is 2.62 bits per heavy atom. The molecule has 2 heterocycles. The van der Waals surface area contributed by atoms with E-state index in [2.05, 4.69) is 20.6 Å². The lowest BCUT2D eigenvalue weighted by Crippen LogP contribution is -2.33. The second-order valence-electron chi connectivity index (χ2n) is 5.97. The first-order valence-corrected chi connectivity index (χ1v) is 8.42. The number of carbonyl (C=O) groups is 1. The molecule has 134 valence electrons. The average molecular weight is 351 g/mol. The van der Waals surface area contributed by atoms with Crippen molar-refractivity contribution in [2.75, 3.05) is 7.11 Å². The van der Waals surface area contributed by atoms with E-state index < -0.39 is 0 Å². The third-order valence-electron chi connectivity index (χ3n) is 4.02. The molecule has 1 atom stereocenters. The molecule has 0 aliphatic carbocycles. The molecule has 0 bridgehead atoms. The van der Waals surface area contributed by atoms with Crippen LogP contribution in [0.2, 0.25) is 0 Å². The van der Waals surface area contributed by atoms with Crippen LogP contribution in [0.15, 0.2) is 54.9 Å². The Morgan fingerprint density at radius 1 is 1.19 bits per heavy atom. The van der Waals surface area contributed by atoms with E-state index in [4.69, 9.17) is 4.74 Å². The fourth-order valence-electron chi connectivity index (χ4n) is 2.51. The molecule has 0 aliphatic heterocycles. The van der Waals surface area contributed by atoms with Gasteiger partial charge in [-0.15, -0.1) is 10.2 Å². The average Bonchev–Trinajstić information content (AvgIpc) is 3.20. The van der Waals surface area contributed by atoms with Gasteiger partial charge < -0.3 is 10.1 Å². The zero-order valence-corrected chi connectivity index (χ0v) is 14.8. The van der Waals surface area contributed by atoms with E-state index >= 15 is 0 Å². The zero-order chi connectivity index (χ0) is 18.4. The highest BCUT2D eigenvalue weighted by molar-refractivity contribution is 5.94. The number of amides is 1. The maximum absolute atomic E-state index is 12.4. The largest absolute Gasteiger partial charge is 0.480 e. The van der Waals surface area contributed by atoms with Gasteiger partial charge in [0.2, 0.25) is 5.88 Å². The van der Waals surface area contributed by atoms with Crippen molar-refractivity contribution in [1.82, 2.24) is 25.3 Å². The second-order valence-corrected chi connectivity index (χ2v) is 5.97. The van der Waals surface area contributed by atoms with Crippen LogP contribution in [0.1, 0.15) is 23.7 Å². The maximum atomic E-state index is 12.4. The highest BCUT2D eigenvalue weighted by atomic mass is 16.5. The number of benzene rings is 1. The fraction of sp³-hybridized carbons (Fsp3) is 0.263. The van der Waals surface area contributed by atoms with Crippen molar-refractivity contribution in [3.8, 4) is 17.1 Å². The van der Waals surface area contributed by atoms with Crippen molar-refractivity contribution in [3.05, 3.63) is 60.4 Å². The molecule has 0 saturated carbocycles. The van der Waals surface area contributed by atoms with Gasteiger partial charge in [0, 0.05) is 42.2 Å². The Labute approximate surface area is 152 Å². The Hall–Kier alpha value is -3.22. The molecule has 1 N–H and O–H groups in total. The minimum atomic E-state index is -0.0923. The second kappa shape index (κ2) is 8.24. The van der Waals surface area contributed by atoms with Gasteiger partial charge >= 0.3 is 0 Å². The summed E-state index contributed by atoms with van der Waals surface area (Å²) in [5.74, 6) is 0.374. The van der Waals surface area contributed by atoms with Crippen LogP contribution in [-0.2, 0) is 6.54 Å². The number of rotatable bonds is 7. The zero-order valence-electron chi connectivity index (χ0n) is 14.8. The van der Waals surface area contributed by atoms with Gasteiger partial charge in [0.25, 0.3) is 5.91 Å². The minimum absolute atomic E-state index is 0.0545. The van der Waals surface area contributed by atoms with Crippen molar-refractivity contribution < 1.29 is 9.53 Å². The molecular weight excluding hydrogens is 330 g/mol. The Balaban J connectivity index is 1.57. The van der Waals surface area contributed by atoms with Crippen LogP contribution in [-0.4, -0.2) is 39.0 Å². The van der Waals surface area contributed by atoms with Gasteiger partial charge in [-0.25, -0.2) is 0 Å². The molecule has 0 unspecified atom stereocenters. The molecule has 1 amide bonds. The SMILES string of the molecule is COc1ccc(-c2ccc(C(=O)N[C@@H](C)CCn3cccn3)cc2)nn1. The van der Waals surface area contributed by atoms with E-state index in [0.717, 1.165) is 24.2 Å². The van der Waals surface area contributed by atoms with Crippen LogP contribution in [0, 0.1) is 0 Å². The van der Waals surface area contributed by atoms with Crippen LogP contribution in [0.3, 0.4) is 0 Å². The normalized spacial score (nSPS) is 11.8. The van der Waals surface area contributed by atoms with Crippen molar-refractivity contribution in [2.24, 2.45) is 0 Å². The monoisotopic (exact) mass is 351 g/mol. The summed E-state index contributed by atoms with van der Waals surface area (Å²) >= 11 is 0. The van der Waals surface area contributed by atoms with Crippen molar-refractivity contribution in [1.29, 1.82) is 0 Å². The summed E-state index contributed by atoms with van der Waals surface area (Å²) in [4.78, 5) is 12.4. The first-order valence-electron chi connectivity index (χ1n) is 8.42. The molecule has 0 saturated heterocycles. The summed E-state index contributed by atoms with van der Waals surface area (Å²) in [6.45, 7) is 2.76. The van der Waals surface area contributed by atoms with E-state index in [1.807, 2.05) is 42.1 Å². The van der Waals surface area contributed by atoms with E-state index in [-0.39, 0.29) is 11.9 Å². The van der Waals surface area contributed by atoms with Crippen LogP contribution >= 0.6 is 0 Å². The first-order chi connectivity index (χ1) is 12.7. The third-order valence-corrected chi connectivity index (χ3v) is 4.02. The van der Waals surface area contributed by atoms with Gasteiger partial charge in [-0.3, -0.25) is 9.48 Å². The summed E-state index contributed by atoms with van der Waals surface area (Å²) < 4.78 is 6.86. The molecule has 7 heteroatoms. The van der Waals surface area contributed by atoms with Gasteiger partial charge in [0.1, 0.15) is 0 Å². The van der Waals surface area contributed by atoms with Crippen molar-refractivity contribution in [2.45, 2.75) is 25.9 Å². The first kappa shape index (κ1) is 17.6. The lowest BCUT2D eigenvalue weighted by atomic mass is 10.1. The maximum Gasteiger partial charge on any atom is 0.251 e.